The summed E-state index contributed by atoms with van der Waals surface area (Å²) in [6.07, 6.45) is 1.20. The molecule has 16 heavy (non-hydrogen) atoms. The highest BCUT2D eigenvalue weighted by atomic mass is 16.4. The Morgan fingerprint density at radius 3 is 3.12 bits per heavy atom. The van der Waals surface area contributed by atoms with Crippen molar-refractivity contribution < 1.29 is 9.90 Å². The molecule has 1 atom stereocenters. The summed E-state index contributed by atoms with van der Waals surface area (Å²) in [5.41, 5.74) is 2.20. The fourth-order valence-electron chi connectivity index (χ4n) is 1.91. The zero-order chi connectivity index (χ0) is 11.7. The SMILES string of the molecule is CC1Cc2ncc(C#N)cc2CN1C(=O)O. The lowest BCUT2D eigenvalue weighted by Gasteiger charge is -2.31. The Labute approximate surface area is 92.9 Å². The van der Waals surface area contributed by atoms with E-state index in [1.165, 1.54) is 11.1 Å². The first-order valence-electron chi connectivity index (χ1n) is 4.99. The van der Waals surface area contributed by atoms with Crippen LogP contribution < -0.4 is 0 Å². The van der Waals surface area contributed by atoms with Gasteiger partial charge in [-0.05, 0) is 18.6 Å². The van der Waals surface area contributed by atoms with E-state index in [1.54, 1.807) is 6.07 Å². The minimum absolute atomic E-state index is 0.0644. The maximum Gasteiger partial charge on any atom is 0.407 e. The van der Waals surface area contributed by atoms with Crippen molar-refractivity contribution in [2.24, 2.45) is 0 Å². The van der Waals surface area contributed by atoms with Crippen molar-refractivity contribution in [3.05, 3.63) is 29.1 Å². The average molecular weight is 217 g/mol. The second kappa shape index (κ2) is 3.81. The minimum atomic E-state index is -0.930. The van der Waals surface area contributed by atoms with Crippen LogP contribution in [0.25, 0.3) is 0 Å². The molecular formula is C11H11N3O2. The fourth-order valence-corrected chi connectivity index (χ4v) is 1.91. The van der Waals surface area contributed by atoms with E-state index in [4.69, 9.17) is 10.4 Å². The van der Waals surface area contributed by atoms with Crippen LogP contribution in [0.4, 0.5) is 4.79 Å². The number of hydrogen-bond donors (Lipinski definition) is 1. The minimum Gasteiger partial charge on any atom is -0.465 e. The normalized spacial score (nSPS) is 18.8. The molecule has 2 rings (SSSR count). The third kappa shape index (κ3) is 1.70. The molecule has 1 aromatic heterocycles. The maximum atomic E-state index is 11.0. The molecule has 1 aliphatic rings. The van der Waals surface area contributed by atoms with Crippen LogP contribution in [0, 0.1) is 11.3 Å². The van der Waals surface area contributed by atoms with E-state index in [0.717, 1.165) is 11.3 Å². The summed E-state index contributed by atoms with van der Waals surface area (Å²) in [5.74, 6) is 0. The summed E-state index contributed by atoms with van der Waals surface area (Å²) >= 11 is 0. The van der Waals surface area contributed by atoms with E-state index in [1.807, 2.05) is 13.0 Å². The molecule has 1 N–H and O–H groups in total. The Kier molecular flexibility index (Phi) is 2.49. The molecule has 82 valence electrons. The van der Waals surface area contributed by atoms with Crippen molar-refractivity contribution in [1.29, 1.82) is 5.26 Å². The smallest absolute Gasteiger partial charge is 0.407 e. The first-order valence-corrected chi connectivity index (χ1v) is 4.99. The lowest BCUT2D eigenvalue weighted by Crippen LogP contribution is -2.42. The third-order valence-corrected chi connectivity index (χ3v) is 2.80. The molecule has 1 aliphatic heterocycles. The number of pyridine rings is 1. The summed E-state index contributed by atoms with van der Waals surface area (Å²) in [4.78, 5) is 16.5. The molecule has 0 saturated carbocycles. The maximum absolute atomic E-state index is 11.0. The molecule has 1 amide bonds. The number of carboxylic acid groups (broad SMARTS) is 1. The van der Waals surface area contributed by atoms with Gasteiger partial charge in [0.05, 0.1) is 12.1 Å². The summed E-state index contributed by atoms with van der Waals surface area (Å²) in [5, 5.41) is 17.7. The van der Waals surface area contributed by atoms with Crippen LogP contribution in [0.15, 0.2) is 12.3 Å². The standard InChI is InChI=1S/C11H11N3O2/c1-7-2-10-9(6-14(7)11(15)16)3-8(4-12)5-13-10/h3,5,7H,2,6H2,1H3,(H,15,16). The zero-order valence-corrected chi connectivity index (χ0v) is 8.84. The highest BCUT2D eigenvalue weighted by Gasteiger charge is 2.27. The van der Waals surface area contributed by atoms with Gasteiger partial charge in [-0.2, -0.15) is 5.26 Å². The molecule has 0 radical (unpaired) electrons. The summed E-state index contributed by atoms with van der Waals surface area (Å²) in [7, 11) is 0. The van der Waals surface area contributed by atoms with Crippen LogP contribution in [0.2, 0.25) is 0 Å². The van der Waals surface area contributed by atoms with E-state index in [-0.39, 0.29) is 6.04 Å². The van der Waals surface area contributed by atoms with Gasteiger partial charge in [-0.25, -0.2) is 4.79 Å². The summed E-state index contributed by atoms with van der Waals surface area (Å²) in [6, 6.07) is 3.65. The number of carbonyl (C=O) groups is 1. The Morgan fingerprint density at radius 1 is 1.75 bits per heavy atom. The molecule has 1 unspecified atom stereocenters. The highest BCUT2D eigenvalue weighted by Crippen LogP contribution is 2.22. The number of nitriles is 1. The van der Waals surface area contributed by atoms with E-state index >= 15 is 0 Å². The van der Waals surface area contributed by atoms with Crippen molar-refractivity contribution in [1.82, 2.24) is 9.88 Å². The van der Waals surface area contributed by atoms with Crippen LogP contribution in [0.3, 0.4) is 0 Å². The van der Waals surface area contributed by atoms with E-state index in [2.05, 4.69) is 4.98 Å². The lowest BCUT2D eigenvalue weighted by atomic mass is 9.99. The molecule has 0 fully saturated rings. The molecule has 0 saturated heterocycles. The first kappa shape index (κ1) is 10.4. The second-order valence-corrected chi connectivity index (χ2v) is 3.91. The Bertz CT molecular complexity index is 479. The molecule has 2 heterocycles. The fraction of sp³-hybridized carbons (Fsp3) is 0.364. The largest absolute Gasteiger partial charge is 0.465 e. The van der Waals surface area contributed by atoms with Crippen LogP contribution in [-0.2, 0) is 13.0 Å². The van der Waals surface area contributed by atoms with Crippen molar-refractivity contribution in [3.63, 3.8) is 0 Å². The molecule has 0 spiro atoms. The molecule has 5 nitrogen and oxygen atoms in total. The molecule has 0 aromatic carbocycles. The zero-order valence-electron chi connectivity index (χ0n) is 8.84. The quantitative estimate of drug-likeness (QED) is 0.712. The topological polar surface area (TPSA) is 77.2 Å². The van der Waals surface area contributed by atoms with Gasteiger partial charge in [0.15, 0.2) is 0 Å². The van der Waals surface area contributed by atoms with E-state index < -0.39 is 6.09 Å². The van der Waals surface area contributed by atoms with Gasteiger partial charge in [-0.15, -0.1) is 0 Å². The van der Waals surface area contributed by atoms with Gasteiger partial charge in [-0.3, -0.25) is 4.98 Å². The van der Waals surface area contributed by atoms with Crippen molar-refractivity contribution in [3.8, 4) is 6.07 Å². The van der Waals surface area contributed by atoms with Gasteiger partial charge in [0, 0.05) is 24.4 Å². The molecule has 1 aromatic rings. The predicted molar refractivity (Wildman–Crippen MR) is 55.7 cm³/mol. The number of hydrogen-bond acceptors (Lipinski definition) is 3. The van der Waals surface area contributed by atoms with Gasteiger partial charge in [0.2, 0.25) is 0 Å². The Balaban J connectivity index is 2.37. The highest BCUT2D eigenvalue weighted by molar-refractivity contribution is 5.66. The predicted octanol–water partition coefficient (Wildman–Crippen LogP) is 1.38. The van der Waals surface area contributed by atoms with Gasteiger partial charge < -0.3 is 10.0 Å². The molecule has 5 heteroatoms. The summed E-state index contributed by atoms with van der Waals surface area (Å²) < 4.78 is 0. The van der Waals surface area contributed by atoms with Gasteiger partial charge in [-0.1, -0.05) is 0 Å². The lowest BCUT2D eigenvalue weighted by molar-refractivity contribution is 0.119. The van der Waals surface area contributed by atoms with E-state index in [0.29, 0.717) is 18.5 Å². The number of rotatable bonds is 0. The van der Waals surface area contributed by atoms with Crippen LogP contribution >= 0.6 is 0 Å². The van der Waals surface area contributed by atoms with Crippen LogP contribution in [0.1, 0.15) is 23.7 Å². The van der Waals surface area contributed by atoms with Crippen molar-refractivity contribution in [2.75, 3.05) is 0 Å². The third-order valence-electron chi connectivity index (χ3n) is 2.80. The molecule has 0 aliphatic carbocycles. The van der Waals surface area contributed by atoms with Crippen molar-refractivity contribution in [2.45, 2.75) is 25.9 Å². The number of amides is 1. The van der Waals surface area contributed by atoms with Gasteiger partial charge in [0.25, 0.3) is 0 Å². The van der Waals surface area contributed by atoms with Gasteiger partial charge in [0.1, 0.15) is 6.07 Å². The second-order valence-electron chi connectivity index (χ2n) is 3.91. The van der Waals surface area contributed by atoms with E-state index in [9.17, 15) is 4.79 Å². The van der Waals surface area contributed by atoms with Crippen molar-refractivity contribution >= 4 is 6.09 Å². The first-order chi connectivity index (χ1) is 7.61. The monoisotopic (exact) mass is 217 g/mol. The number of nitrogens with zero attached hydrogens (tertiary/aromatic N) is 3. The molecular weight excluding hydrogens is 206 g/mol. The number of fused-ring (bicyclic) bond motifs is 1. The Morgan fingerprint density at radius 2 is 2.50 bits per heavy atom. The summed E-state index contributed by atoms with van der Waals surface area (Å²) in [6.45, 7) is 2.17. The Hall–Kier alpha value is -2.09. The van der Waals surface area contributed by atoms with Crippen LogP contribution in [0.5, 0.6) is 0 Å². The average Bonchev–Trinajstić information content (AvgIpc) is 2.27. The number of aromatic nitrogens is 1. The van der Waals surface area contributed by atoms with Crippen LogP contribution in [-0.4, -0.2) is 27.1 Å². The molecule has 0 bridgehead atoms. The van der Waals surface area contributed by atoms with Gasteiger partial charge >= 0.3 is 6.09 Å².